The highest BCUT2D eigenvalue weighted by molar-refractivity contribution is 9.10. The molecule has 2 heterocycles. The third-order valence-corrected chi connectivity index (χ3v) is 4.86. The van der Waals surface area contributed by atoms with Crippen molar-refractivity contribution in [1.29, 1.82) is 0 Å². The summed E-state index contributed by atoms with van der Waals surface area (Å²) in [4.78, 5) is 22.1. The van der Waals surface area contributed by atoms with Gasteiger partial charge in [-0.2, -0.15) is 4.98 Å². The molecule has 1 aliphatic rings. The number of aromatic nitrogens is 2. The lowest BCUT2D eigenvalue weighted by Crippen LogP contribution is -2.27. The average molecular weight is 443 g/mol. The maximum absolute atomic E-state index is 13.2. The molecule has 0 atom stereocenters. The smallest absolute Gasteiger partial charge is 0.229 e. The molecule has 1 fully saturated rings. The minimum Gasteiger partial charge on any atom is -0.369 e. The van der Waals surface area contributed by atoms with Crippen LogP contribution >= 0.6 is 27.5 Å². The van der Waals surface area contributed by atoms with Crippen molar-refractivity contribution < 1.29 is 9.18 Å². The van der Waals surface area contributed by atoms with Crippen LogP contribution in [-0.2, 0) is 4.79 Å². The summed E-state index contributed by atoms with van der Waals surface area (Å²) in [6, 6.07) is 4.32. The summed E-state index contributed by atoms with van der Waals surface area (Å²) in [5, 5.41) is 6.26. The molecule has 1 amide bonds. The molecule has 0 aliphatic carbocycles. The second-order valence-electron chi connectivity index (χ2n) is 5.91. The van der Waals surface area contributed by atoms with E-state index >= 15 is 0 Å². The summed E-state index contributed by atoms with van der Waals surface area (Å²) in [5.74, 6) is 0.766. The van der Waals surface area contributed by atoms with E-state index in [1.165, 1.54) is 12.1 Å². The van der Waals surface area contributed by atoms with Crippen LogP contribution in [0.4, 0.5) is 21.8 Å². The van der Waals surface area contributed by atoms with Crippen molar-refractivity contribution in [3.63, 3.8) is 0 Å². The number of hydrogen-bond donors (Lipinski definition) is 2. The van der Waals surface area contributed by atoms with Crippen LogP contribution in [0.15, 0.2) is 28.9 Å². The molecule has 0 saturated carbocycles. The molecule has 3 rings (SSSR count). The topological polar surface area (TPSA) is 70.2 Å². The number of likely N-dealkylation sites (tertiary alicyclic amines) is 1. The van der Waals surface area contributed by atoms with E-state index in [0.29, 0.717) is 30.4 Å². The van der Waals surface area contributed by atoms with Crippen LogP contribution in [0.25, 0.3) is 0 Å². The van der Waals surface area contributed by atoms with Gasteiger partial charge in [-0.15, -0.1) is 0 Å². The van der Waals surface area contributed by atoms with E-state index < -0.39 is 5.82 Å². The van der Waals surface area contributed by atoms with Crippen molar-refractivity contribution >= 4 is 50.9 Å². The Balaban J connectivity index is 1.56. The molecule has 1 aromatic carbocycles. The van der Waals surface area contributed by atoms with Gasteiger partial charge < -0.3 is 15.5 Å². The number of carbonyl (C=O) groups is 1. The summed E-state index contributed by atoms with van der Waals surface area (Å²) in [6.45, 7) is 2.28. The van der Waals surface area contributed by atoms with E-state index in [1.54, 1.807) is 12.3 Å². The Morgan fingerprint density at radius 3 is 2.96 bits per heavy atom. The molecular weight excluding hydrogens is 425 g/mol. The van der Waals surface area contributed by atoms with Crippen LogP contribution in [0, 0.1) is 5.82 Å². The van der Waals surface area contributed by atoms with Gasteiger partial charge in [0.2, 0.25) is 11.9 Å². The first-order chi connectivity index (χ1) is 12.5. The van der Waals surface area contributed by atoms with E-state index in [0.717, 1.165) is 30.4 Å². The molecule has 1 saturated heterocycles. The van der Waals surface area contributed by atoms with Crippen LogP contribution in [-0.4, -0.2) is 40.4 Å². The lowest BCUT2D eigenvalue weighted by molar-refractivity contribution is -0.127. The Morgan fingerprint density at radius 2 is 2.23 bits per heavy atom. The highest BCUT2D eigenvalue weighted by atomic mass is 79.9. The Labute approximate surface area is 164 Å². The van der Waals surface area contributed by atoms with Gasteiger partial charge in [0.15, 0.2) is 0 Å². The van der Waals surface area contributed by atoms with E-state index in [4.69, 9.17) is 11.6 Å². The third-order valence-electron chi connectivity index (χ3n) is 3.99. The number of nitrogens with one attached hydrogen (secondary N) is 2. The first-order valence-corrected chi connectivity index (χ1v) is 9.46. The molecule has 1 aliphatic heterocycles. The molecule has 0 spiro atoms. The fourth-order valence-electron chi connectivity index (χ4n) is 2.67. The summed E-state index contributed by atoms with van der Waals surface area (Å²) in [5.41, 5.74) is 0.595. The van der Waals surface area contributed by atoms with Gasteiger partial charge in [0.25, 0.3) is 0 Å². The van der Waals surface area contributed by atoms with Crippen LogP contribution in [0.5, 0.6) is 0 Å². The summed E-state index contributed by atoms with van der Waals surface area (Å²) >= 11 is 9.20. The normalized spacial score (nSPS) is 14.0. The maximum atomic E-state index is 13.2. The van der Waals surface area contributed by atoms with Gasteiger partial charge in [0, 0.05) is 37.9 Å². The van der Waals surface area contributed by atoms with Gasteiger partial charge in [-0.1, -0.05) is 11.6 Å². The van der Waals surface area contributed by atoms with Crippen molar-refractivity contribution in [2.45, 2.75) is 19.3 Å². The van der Waals surface area contributed by atoms with Crippen molar-refractivity contribution in [1.82, 2.24) is 14.9 Å². The molecule has 0 unspecified atom stereocenters. The minimum atomic E-state index is -0.479. The fraction of sp³-hybridized carbons (Fsp3) is 0.353. The van der Waals surface area contributed by atoms with Crippen molar-refractivity contribution in [3.8, 4) is 0 Å². The van der Waals surface area contributed by atoms with E-state index in [1.807, 2.05) is 4.90 Å². The number of benzene rings is 1. The zero-order valence-corrected chi connectivity index (χ0v) is 16.3. The number of nitrogens with zero attached hydrogens (tertiary/aromatic N) is 3. The minimum absolute atomic E-state index is 0.0296. The highest BCUT2D eigenvalue weighted by Crippen LogP contribution is 2.24. The lowest BCUT2D eigenvalue weighted by atomic mass is 10.3. The van der Waals surface area contributed by atoms with E-state index in [-0.39, 0.29) is 10.9 Å². The molecule has 2 N–H and O–H groups in total. The zero-order chi connectivity index (χ0) is 18.5. The monoisotopic (exact) mass is 441 g/mol. The maximum Gasteiger partial charge on any atom is 0.229 e. The van der Waals surface area contributed by atoms with Gasteiger partial charge in [-0.3, -0.25) is 4.79 Å². The molecule has 0 bridgehead atoms. The molecule has 6 nitrogen and oxygen atoms in total. The van der Waals surface area contributed by atoms with E-state index in [9.17, 15) is 9.18 Å². The Bertz CT molecular complexity index is 807. The molecule has 138 valence electrons. The van der Waals surface area contributed by atoms with Gasteiger partial charge in [0.1, 0.15) is 11.6 Å². The largest absolute Gasteiger partial charge is 0.369 e. The van der Waals surface area contributed by atoms with Crippen molar-refractivity contribution in [3.05, 3.63) is 39.7 Å². The van der Waals surface area contributed by atoms with E-state index in [2.05, 4.69) is 36.5 Å². The van der Waals surface area contributed by atoms with Crippen LogP contribution in [0.3, 0.4) is 0 Å². The van der Waals surface area contributed by atoms with Crippen LogP contribution < -0.4 is 10.6 Å². The SMILES string of the molecule is O=C1CCCN1CCCNc1nc(Nc2ccc(F)c(Cl)c2)ncc1Br. The number of halogens is 3. The Hall–Kier alpha value is -1.93. The molecule has 0 radical (unpaired) electrons. The summed E-state index contributed by atoms with van der Waals surface area (Å²) in [7, 11) is 0. The second-order valence-corrected chi connectivity index (χ2v) is 7.17. The first-order valence-electron chi connectivity index (χ1n) is 8.29. The molecule has 26 heavy (non-hydrogen) atoms. The number of rotatable bonds is 7. The predicted molar refractivity (Wildman–Crippen MR) is 103 cm³/mol. The number of amides is 1. The van der Waals surface area contributed by atoms with Gasteiger partial charge in [-0.25, -0.2) is 9.37 Å². The highest BCUT2D eigenvalue weighted by Gasteiger charge is 2.19. The third kappa shape index (κ3) is 4.82. The van der Waals surface area contributed by atoms with Gasteiger partial charge >= 0.3 is 0 Å². The summed E-state index contributed by atoms with van der Waals surface area (Å²) in [6.07, 6.45) is 4.07. The number of hydrogen-bond acceptors (Lipinski definition) is 5. The Kier molecular flexibility index (Phi) is 6.26. The van der Waals surface area contributed by atoms with Crippen LogP contribution in [0.2, 0.25) is 5.02 Å². The van der Waals surface area contributed by atoms with Crippen molar-refractivity contribution in [2.24, 2.45) is 0 Å². The quantitative estimate of drug-likeness (QED) is 0.629. The number of carbonyl (C=O) groups excluding carboxylic acids is 1. The van der Waals surface area contributed by atoms with Gasteiger partial charge in [0.05, 0.1) is 9.50 Å². The average Bonchev–Trinajstić information content (AvgIpc) is 3.02. The number of anilines is 3. The van der Waals surface area contributed by atoms with Crippen LogP contribution in [0.1, 0.15) is 19.3 Å². The first kappa shape index (κ1) is 18.8. The molecule has 2 aromatic rings. The molecule has 9 heteroatoms. The second kappa shape index (κ2) is 8.64. The van der Waals surface area contributed by atoms with Crippen molar-refractivity contribution in [2.75, 3.05) is 30.3 Å². The summed E-state index contributed by atoms with van der Waals surface area (Å²) < 4.78 is 14.0. The fourth-order valence-corrected chi connectivity index (χ4v) is 3.18. The molecule has 1 aromatic heterocycles. The zero-order valence-electron chi connectivity index (χ0n) is 13.9. The lowest BCUT2D eigenvalue weighted by Gasteiger charge is -2.16. The Morgan fingerprint density at radius 1 is 1.38 bits per heavy atom. The molecular formula is C17H18BrClFN5O. The standard InChI is InChI=1S/C17H18BrClFN5O/c18-12-10-22-17(23-11-4-5-14(20)13(19)9-11)24-16(12)21-6-2-8-25-7-1-3-15(25)26/h4-5,9-10H,1-3,6-8H2,(H2,21,22,23,24). The predicted octanol–water partition coefficient (Wildman–Crippen LogP) is 4.20. The van der Waals surface area contributed by atoms with Gasteiger partial charge in [-0.05, 0) is 47.0 Å².